The van der Waals surface area contributed by atoms with E-state index in [1.165, 1.54) is 11.1 Å². The molecule has 5 heteroatoms. The molecule has 0 aliphatic carbocycles. The molecular formula is C20H22N2O3. The van der Waals surface area contributed by atoms with Gasteiger partial charge < -0.3 is 4.90 Å². The third-order valence-electron chi connectivity index (χ3n) is 4.54. The highest BCUT2D eigenvalue weighted by molar-refractivity contribution is 5.96. The van der Waals surface area contributed by atoms with E-state index in [1.54, 1.807) is 29.7 Å². The van der Waals surface area contributed by atoms with Crippen molar-refractivity contribution >= 4 is 17.5 Å². The highest BCUT2D eigenvalue weighted by atomic mass is 16.5. The fraction of sp³-hybridized carbons (Fsp3) is 0.300. The van der Waals surface area contributed by atoms with Crippen molar-refractivity contribution in [2.45, 2.75) is 39.2 Å². The van der Waals surface area contributed by atoms with E-state index in [0.29, 0.717) is 18.5 Å². The molecule has 5 nitrogen and oxygen atoms in total. The molecule has 2 N–H and O–H groups in total. The lowest BCUT2D eigenvalue weighted by molar-refractivity contribution is -0.119. The molecule has 2 amide bonds. The number of rotatable bonds is 5. The van der Waals surface area contributed by atoms with E-state index in [-0.39, 0.29) is 5.91 Å². The third kappa shape index (κ3) is 3.72. The molecule has 2 aromatic carbocycles. The van der Waals surface area contributed by atoms with Gasteiger partial charge in [-0.15, -0.1) is 0 Å². The molecule has 0 spiro atoms. The first-order valence-corrected chi connectivity index (χ1v) is 8.58. The maximum Gasteiger partial charge on any atom is 0.274 e. The molecule has 130 valence electrons. The van der Waals surface area contributed by atoms with Gasteiger partial charge in [-0.25, -0.2) is 5.48 Å². The van der Waals surface area contributed by atoms with Gasteiger partial charge in [0, 0.05) is 17.7 Å². The van der Waals surface area contributed by atoms with Crippen molar-refractivity contribution in [1.82, 2.24) is 5.48 Å². The lowest BCUT2D eigenvalue weighted by atomic mass is 9.96. The Kier molecular flexibility index (Phi) is 5.14. The summed E-state index contributed by atoms with van der Waals surface area (Å²) in [6, 6.07) is 13.2. The number of hydrogen-bond acceptors (Lipinski definition) is 3. The number of nitrogens with zero attached hydrogens (tertiary/aromatic N) is 1. The molecule has 0 bridgehead atoms. The predicted octanol–water partition coefficient (Wildman–Crippen LogP) is 3.24. The second-order valence-electron chi connectivity index (χ2n) is 6.33. The molecule has 0 saturated carbocycles. The number of fused-ring (bicyclic) bond motifs is 1. The Morgan fingerprint density at radius 1 is 1.12 bits per heavy atom. The zero-order chi connectivity index (χ0) is 17.8. The molecule has 25 heavy (non-hydrogen) atoms. The van der Waals surface area contributed by atoms with Crippen LogP contribution in [-0.2, 0) is 24.2 Å². The van der Waals surface area contributed by atoms with Crippen LogP contribution in [0, 0.1) is 0 Å². The van der Waals surface area contributed by atoms with E-state index in [9.17, 15) is 9.59 Å². The van der Waals surface area contributed by atoms with Crippen LogP contribution in [0.15, 0.2) is 42.5 Å². The van der Waals surface area contributed by atoms with E-state index >= 15 is 0 Å². The van der Waals surface area contributed by atoms with Crippen LogP contribution < -0.4 is 10.4 Å². The van der Waals surface area contributed by atoms with E-state index in [2.05, 4.69) is 19.1 Å². The second kappa shape index (κ2) is 7.49. The van der Waals surface area contributed by atoms with Crippen LogP contribution in [0.4, 0.5) is 5.69 Å². The number of carbonyl (C=O) groups is 2. The van der Waals surface area contributed by atoms with Crippen molar-refractivity contribution in [2.75, 3.05) is 4.90 Å². The minimum Gasteiger partial charge on any atom is -0.308 e. The zero-order valence-corrected chi connectivity index (χ0v) is 14.3. The summed E-state index contributed by atoms with van der Waals surface area (Å²) in [6.07, 6.45) is 3.47. The van der Waals surface area contributed by atoms with Gasteiger partial charge in [-0.1, -0.05) is 37.6 Å². The molecular weight excluding hydrogens is 316 g/mol. The van der Waals surface area contributed by atoms with E-state index in [0.717, 1.165) is 30.5 Å². The minimum absolute atomic E-state index is 0.118. The number of benzene rings is 2. The average Bonchev–Trinajstić information content (AvgIpc) is 2.64. The molecule has 1 aliphatic heterocycles. The highest BCUT2D eigenvalue weighted by Gasteiger charge is 2.24. The van der Waals surface area contributed by atoms with Crippen molar-refractivity contribution in [3.05, 3.63) is 64.7 Å². The molecule has 0 saturated heterocycles. The Labute approximate surface area is 147 Å². The summed E-state index contributed by atoms with van der Waals surface area (Å²) in [5, 5.41) is 8.67. The normalized spacial score (nSPS) is 13.5. The van der Waals surface area contributed by atoms with Crippen molar-refractivity contribution < 1.29 is 14.8 Å². The second-order valence-corrected chi connectivity index (χ2v) is 6.33. The van der Waals surface area contributed by atoms with Crippen LogP contribution in [0.25, 0.3) is 0 Å². The summed E-state index contributed by atoms with van der Waals surface area (Å²) >= 11 is 0. The maximum absolute atomic E-state index is 12.4. The molecule has 0 aromatic heterocycles. The number of hydrogen-bond donors (Lipinski definition) is 2. The number of aryl methyl sites for hydroxylation is 2. The fourth-order valence-corrected chi connectivity index (χ4v) is 3.24. The molecule has 0 radical (unpaired) electrons. The monoisotopic (exact) mass is 338 g/mol. The summed E-state index contributed by atoms with van der Waals surface area (Å²) in [4.78, 5) is 25.6. The van der Waals surface area contributed by atoms with Crippen LogP contribution in [0.5, 0.6) is 0 Å². The van der Waals surface area contributed by atoms with Crippen molar-refractivity contribution in [2.24, 2.45) is 0 Å². The van der Waals surface area contributed by atoms with Gasteiger partial charge in [0.15, 0.2) is 0 Å². The first kappa shape index (κ1) is 17.2. The van der Waals surface area contributed by atoms with Crippen molar-refractivity contribution in [1.29, 1.82) is 0 Å². The van der Waals surface area contributed by atoms with Gasteiger partial charge in [0.1, 0.15) is 0 Å². The summed E-state index contributed by atoms with van der Waals surface area (Å²) in [5.74, 6) is -0.428. The van der Waals surface area contributed by atoms with Gasteiger partial charge in [0.2, 0.25) is 5.91 Å². The SMILES string of the molecule is CCCc1ccc2c(c1)CCC(=O)N2Cc1ccc(C(=O)NO)cc1. The zero-order valence-electron chi connectivity index (χ0n) is 14.3. The van der Waals surface area contributed by atoms with Gasteiger partial charge in [-0.05, 0) is 47.7 Å². The van der Waals surface area contributed by atoms with E-state index in [1.807, 2.05) is 11.0 Å². The molecule has 0 unspecified atom stereocenters. The molecule has 0 atom stereocenters. The topological polar surface area (TPSA) is 69.6 Å². The van der Waals surface area contributed by atoms with Gasteiger partial charge in [-0.3, -0.25) is 14.8 Å². The lowest BCUT2D eigenvalue weighted by Gasteiger charge is -2.30. The summed E-state index contributed by atoms with van der Waals surface area (Å²) < 4.78 is 0. The Hall–Kier alpha value is -2.66. The Morgan fingerprint density at radius 2 is 1.84 bits per heavy atom. The number of anilines is 1. The van der Waals surface area contributed by atoms with Gasteiger partial charge in [-0.2, -0.15) is 0 Å². The van der Waals surface area contributed by atoms with Crippen molar-refractivity contribution in [3.63, 3.8) is 0 Å². The molecule has 1 aliphatic rings. The minimum atomic E-state index is -0.547. The van der Waals surface area contributed by atoms with Gasteiger partial charge in [0.25, 0.3) is 5.91 Å². The van der Waals surface area contributed by atoms with Gasteiger partial charge in [0.05, 0.1) is 6.54 Å². The Balaban J connectivity index is 1.83. The van der Waals surface area contributed by atoms with Crippen LogP contribution in [0.2, 0.25) is 0 Å². The molecule has 2 aromatic rings. The maximum atomic E-state index is 12.4. The summed E-state index contributed by atoms with van der Waals surface area (Å²) in [5.41, 5.74) is 6.45. The predicted molar refractivity (Wildman–Crippen MR) is 95.6 cm³/mol. The first-order valence-electron chi connectivity index (χ1n) is 8.58. The number of amides is 2. The average molecular weight is 338 g/mol. The van der Waals surface area contributed by atoms with Crippen LogP contribution in [-0.4, -0.2) is 17.0 Å². The van der Waals surface area contributed by atoms with Crippen LogP contribution >= 0.6 is 0 Å². The van der Waals surface area contributed by atoms with E-state index < -0.39 is 5.91 Å². The van der Waals surface area contributed by atoms with Gasteiger partial charge >= 0.3 is 0 Å². The van der Waals surface area contributed by atoms with Crippen molar-refractivity contribution in [3.8, 4) is 0 Å². The van der Waals surface area contributed by atoms with E-state index in [4.69, 9.17) is 5.21 Å². The number of nitrogens with one attached hydrogen (secondary N) is 1. The highest BCUT2D eigenvalue weighted by Crippen LogP contribution is 2.30. The van der Waals surface area contributed by atoms with Crippen LogP contribution in [0.1, 0.15) is 46.8 Å². The number of hydroxylamine groups is 1. The summed E-state index contributed by atoms with van der Waals surface area (Å²) in [7, 11) is 0. The Bertz CT molecular complexity index is 784. The molecule has 3 rings (SSSR count). The van der Waals surface area contributed by atoms with Crippen LogP contribution in [0.3, 0.4) is 0 Å². The largest absolute Gasteiger partial charge is 0.308 e. The smallest absolute Gasteiger partial charge is 0.274 e. The number of carbonyl (C=O) groups excluding carboxylic acids is 2. The standard InChI is InChI=1S/C20H22N2O3/c1-2-3-14-6-10-18-17(12-14)9-11-19(23)22(18)13-15-4-7-16(8-5-15)20(24)21-25/h4-8,10,12,25H,2-3,9,11,13H2,1H3,(H,21,24). The lowest BCUT2D eigenvalue weighted by Crippen LogP contribution is -2.34. The molecule has 1 heterocycles. The fourth-order valence-electron chi connectivity index (χ4n) is 3.24. The third-order valence-corrected chi connectivity index (χ3v) is 4.54. The first-order chi connectivity index (χ1) is 12.1. The summed E-state index contributed by atoms with van der Waals surface area (Å²) in [6.45, 7) is 2.63. The Morgan fingerprint density at radius 3 is 2.52 bits per heavy atom. The molecule has 0 fully saturated rings. The quantitative estimate of drug-likeness (QED) is 0.649.